The van der Waals surface area contributed by atoms with Crippen LogP contribution in [0.1, 0.15) is 77.1 Å². The van der Waals surface area contributed by atoms with Gasteiger partial charge in [0.2, 0.25) is 0 Å². The predicted octanol–water partition coefficient (Wildman–Crippen LogP) is 1.48. The van der Waals surface area contributed by atoms with E-state index in [1.807, 2.05) is 6.92 Å². The Morgan fingerprint density at radius 3 is 1.48 bits per heavy atom. The highest BCUT2D eigenvalue weighted by Crippen LogP contribution is 1.95. The van der Waals surface area contributed by atoms with Crippen LogP contribution in [0.25, 0.3) is 0 Å². The number of carbonyl (C=O) groups excluding carboxylic acids is 6. The number of aliphatic hydroxyl groups is 1. The number of hydrogen-bond donors (Lipinski definition) is 1. The lowest BCUT2D eigenvalue weighted by molar-refractivity contribution is -0.283. The molecule has 0 aromatic rings. The molecule has 152 valence electrons. The lowest BCUT2D eigenvalue weighted by atomic mass is 10.1. The Kier molecular flexibility index (Phi) is 65.6. The fraction of sp³-hybridized carbons (Fsp3) is 0.706. The summed E-state index contributed by atoms with van der Waals surface area (Å²) in [6.07, 6.45) is 1.37. The first-order valence-corrected chi connectivity index (χ1v) is 6.40. The third-order valence-electron chi connectivity index (χ3n) is 1.83. The zero-order valence-corrected chi connectivity index (χ0v) is 13.3. The maximum Gasteiger partial charge on any atom is 1.00 e. The van der Waals surface area contributed by atoms with Crippen LogP contribution in [0, 0.1) is 0 Å². The molecule has 0 rings (SSSR count). The molecule has 0 saturated carbocycles. The second-order valence-corrected chi connectivity index (χ2v) is 3.92. The Hall–Kier alpha value is -2.18. The number of Topliss-reactive ketones (excluding diaryl/α,β-unsaturated/α-hetero) is 3. The van der Waals surface area contributed by atoms with E-state index in [2.05, 4.69) is 0 Å². The van der Waals surface area contributed by atoms with Gasteiger partial charge in [0.25, 0.3) is 0 Å². The van der Waals surface area contributed by atoms with Crippen LogP contribution in [0.3, 0.4) is 0 Å². The van der Waals surface area contributed by atoms with Crippen molar-refractivity contribution in [2.24, 2.45) is 0 Å². The molecule has 0 fully saturated rings. The van der Waals surface area contributed by atoms with Gasteiger partial charge in [0.15, 0.2) is 0 Å². The molecule has 0 aliphatic carbocycles. The van der Waals surface area contributed by atoms with Crippen molar-refractivity contribution < 1.29 is 40.4 Å². The quantitative estimate of drug-likeness (QED) is 0.548. The third kappa shape index (κ3) is 88.9. The topological polar surface area (TPSA) is 146 Å². The van der Waals surface area contributed by atoms with Gasteiger partial charge in [0, 0.05) is 19.3 Å². The van der Waals surface area contributed by atoms with Crippen LogP contribution in [0.5, 0.6) is 0 Å². The molecule has 1 unspecified atom stereocenters. The first kappa shape index (κ1) is 43.4. The van der Waals surface area contributed by atoms with E-state index in [1.54, 1.807) is 6.92 Å². The highest BCUT2D eigenvalue weighted by molar-refractivity contribution is 5.97. The Labute approximate surface area is 153 Å². The van der Waals surface area contributed by atoms with Crippen LogP contribution >= 0.6 is 0 Å². The van der Waals surface area contributed by atoms with E-state index in [0.717, 1.165) is 0 Å². The number of rotatable bonds is 6. The fourth-order valence-electron chi connectivity index (χ4n) is 0.879. The lowest BCUT2D eigenvalue weighted by Gasteiger charge is -2.01. The number of ketones is 3. The van der Waals surface area contributed by atoms with Crippen molar-refractivity contribution in [3.63, 3.8) is 0 Å². The molecule has 8 nitrogen and oxygen atoms in total. The summed E-state index contributed by atoms with van der Waals surface area (Å²) < 4.78 is 0. The summed E-state index contributed by atoms with van der Waals surface area (Å²) in [6, 6.07) is 0. The molecule has 0 bridgehead atoms. The van der Waals surface area contributed by atoms with Crippen molar-refractivity contribution in [2.75, 3.05) is 0 Å². The van der Waals surface area contributed by atoms with Crippen LogP contribution in [-0.2, 0) is 28.8 Å². The molecule has 0 aliphatic rings. The van der Waals surface area contributed by atoms with E-state index in [4.69, 9.17) is 24.6 Å². The number of hydrogen-bond acceptors (Lipinski definition) is 8. The van der Waals surface area contributed by atoms with Gasteiger partial charge in [-0.15, -0.1) is 0 Å². The van der Waals surface area contributed by atoms with Crippen LogP contribution < -0.4 is 5.11 Å². The van der Waals surface area contributed by atoms with Gasteiger partial charge < -0.3 is 15.0 Å². The van der Waals surface area contributed by atoms with Gasteiger partial charge in [-0.05, 0) is 20.3 Å². The molecule has 0 aromatic heterocycles. The normalized spacial score (nSPS) is 7.88. The van der Waals surface area contributed by atoms with E-state index in [9.17, 15) is 14.4 Å². The Morgan fingerprint density at radius 1 is 1.08 bits per heavy atom. The number of carboxylic acid groups (broad SMARTS) is 1. The Balaban J connectivity index is -0.0000000286. The number of aliphatic hydroxyl groups excluding tert-OH is 1. The molecule has 0 saturated heterocycles. The molecule has 0 heterocycles. The maximum absolute atomic E-state index is 10.4. The second kappa shape index (κ2) is 37.8. The van der Waals surface area contributed by atoms with Gasteiger partial charge >= 0.3 is 7.58 Å². The molecule has 0 spiro atoms. The smallest absolute Gasteiger partial charge is 0.554 e. The van der Waals surface area contributed by atoms with Crippen LogP contribution in [-0.4, -0.2) is 41.2 Å². The SMILES string of the molecule is C.C.C.CCC(=O)CC(C)=O.CCC(O)CC(C)=O.O=C=O.O=C[O-].[H+]. The summed E-state index contributed by atoms with van der Waals surface area (Å²) in [5, 5.41) is 17.1. The highest BCUT2D eigenvalue weighted by atomic mass is 16.3. The first-order valence-electron chi connectivity index (χ1n) is 6.40. The molecule has 0 amide bonds. The zero-order chi connectivity index (χ0) is 18.6. The van der Waals surface area contributed by atoms with Gasteiger partial charge in [0.05, 0.1) is 12.5 Å². The van der Waals surface area contributed by atoms with Crippen molar-refractivity contribution >= 4 is 30.0 Å². The number of carbonyl (C=O) groups is 4. The standard InChI is InChI=1S/C6H12O2.C6H10O2.CH2O2.CO2.3CH4/c2*1-3-6(8)4-5(2)7;2*2-1-3;;;/h6,8H,3-4H2,1-2H3;3-4H2,1-2H3;1H,(H,2,3);;3*1H4. The van der Waals surface area contributed by atoms with Crippen LogP contribution in [0.2, 0.25) is 0 Å². The van der Waals surface area contributed by atoms with Gasteiger partial charge in [0.1, 0.15) is 17.3 Å². The highest BCUT2D eigenvalue weighted by Gasteiger charge is 2.02. The molecule has 25 heavy (non-hydrogen) atoms. The van der Waals surface area contributed by atoms with E-state index in [-0.39, 0.29) is 53.6 Å². The predicted molar refractivity (Wildman–Crippen MR) is 94.6 cm³/mol. The molecule has 8 heteroatoms. The summed E-state index contributed by atoms with van der Waals surface area (Å²) in [5.41, 5.74) is 0. The summed E-state index contributed by atoms with van der Waals surface area (Å²) in [6.45, 7) is 6.02. The van der Waals surface area contributed by atoms with Crippen molar-refractivity contribution in [3.8, 4) is 0 Å². The monoisotopic (exact) mass is 368 g/mol. The summed E-state index contributed by atoms with van der Waals surface area (Å²) in [7, 11) is 0. The summed E-state index contributed by atoms with van der Waals surface area (Å²) in [4.78, 5) is 55.3. The van der Waals surface area contributed by atoms with Crippen molar-refractivity contribution in [1.82, 2.24) is 0 Å². The van der Waals surface area contributed by atoms with Crippen molar-refractivity contribution in [3.05, 3.63) is 0 Å². The van der Waals surface area contributed by atoms with Crippen molar-refractivity contribution in [2.45, 2.75) is 81.8 Å². The minimum atomic E-state index is -0.500. The van der Waals surface area contributed by atoms with E-state index in [1.165, 1.54) is 13.8 Å². The van der Waals surface area contributed by atoms with Gasteiger partial charge in [-0.25, -0.2) is 0 Å². The van der Waals surface area contributed by atoms with Crippen LogP contribution in [0.15, 0.2) is 0 Å². The zero-order valence-electron chi connectivity index (χ0n) is 14.3. The summed E-state index contributed by atoms with van der Waals surface area (Å²) in [5.74, 6) is 0.0358. The molecule has 0 radical (unpaired) electrons. The fourth-order valence-corrected chi connectivity index (χ4v) is 0.879. The molecular weight excluding hydrogens is 332 g/mol. The molecular formula is C17H36O8. The van der Waals surface area contributed by atoms with E-state index >= 15 is 0 Å². The Bertz CT molecular complexity index is 351. The van der Waals surface area contributed by atoms with E-state index < -0.39 is 12.6 Å². The van der Waals surface area contributed by atoms with Gasteiger partial charge in [-0.2, -0.15) is 9.59 Å². The average Bonchev–Trinajstić information content (AvgIpc) is 2.39. The molecule has 1 N–H and O–H groups in total. The maximum atomic E-state index is 10.4. The van der Waals surface area contributed by atoms with Crippen LogP contribution in [0.4, 0.5) is 0 Å². The molecule has 0 aromatic carbocycles. The summed E-state index contributed by atoms with van der Waals surface area (Å²) >= 11 is 0. The Morgan fingerprint density at radius 2 is 1.40 bits per heavy atom. The average molecular weight is 368 g/mol. The van der Waals surface area contributed by atoms with E-state index in [0.29, 0.717) is 19.3 Å². The minimum Gasteiger partial charge on any atom is -0.554 e. The minimum absolute atomic E-state index is 0. The van der Waals surface area contributed by atoms with Gasteiger partial charge in [-0.3, -0.25) is 14.4 Å². The first-order chi connectivity index (χ1) is 10.2. The third-order valence-corrected chi connectivity index (χ3v) is 1.83. The van der Waals surface area contributed by atoms with Crippen molar-refractivity contribution in [1.29, 1.82) is 0 Å². The molecule has 1 atom stereocenters. The molecule has 0 aliphatic heterocycles. The van der Waals surface area contributed by atoms with Gasteiger partial charge in [-0.1, -0.05) is 36.1 Å². The second-order valence-electron chi connectivity index (χ2n) is 3.92. The lowest BCUT2D eigenvalue weighted by Crippen LogP contribution is -2.08. The largest absolute Gasteiger partial charge is 1.00 e.